The molecule has 1 aliphatic rings. The number of hydrogen-bond donors (Lipinski definition) is 0. The fourth-order valence-corrected chi connectivity index (χ4v) is 4.00. The zero-order valence-electron chi connectivity index (χ0n) is 19.0. The molecule has 0 amide bonds. The van der Waals surface area contributed by atoms with E-state index in [0.29, 0.717) is 5.56 Å². The minimum absolute atomic E-state index is 0.0292. The van der Waals surface area contributed by atoms with Crippen molar-refractivity contribution in [3.05, 3.63) is 59.9 Å². The number of imidazole rings is 1. The van der Waals surface area contributed by atoms with Gasteiger partial charge >= 0.3 is 6.18 Å². The van der Waals surface area contributed by atoms with Gasteiger partial charge in [0.2, 0.25) is 0 Å². The summed E-state index contributed by atoms with van der Waals surface area (Å²) < 4.78 is 39.0. The molecular formula is C25H27F3N4O2. The minimum atomic E-state index is -4.32. The van der Waals surface area contributed by atoms with Crippen molar-refractivity contribution in [1.82, 2.24) is 14.3 Å². The molecule has 1 aromatic carbocycles. The Hall–Kier alpha value is -3.20. The number of rotatable bonds is 8. The van der Waals surface area contributed by atoms with Crippen LogP contribution >= 0.6 is 0 Å². The molecule has 0 radical (unpaired) electrons. The highest BCUT2D eigenvalue weighted by Gasteiger charge is 2.27. The first-order valence-electron chi connectivity index (χ1n) is 11.3. The molecule has 0 saturated carbocycles. The number of hydrogen-bond acceptors (Lipinski definition) is 5. The number of benzene rings is 1. The molecule has 1 fully saturated rings. The highest BCUT2D eigenvalue weighted by atomic mass is 19.4. The summed E-state index contributed by atoms with van der Waals surface area (Å²) in [7, 11) is 2.10. The summed E-state index contributed by atoms with van der Waals surface area (Å²) >= 11 is 0. The number of aromatic nitrogens is 2. The third-order valence-corrected chi connectivity index (χ3v) is 5.93. The molecule has 0 unspecified atom stereocenters. The van der Waals surface area contributed by atoms with E-state index in [0.717, 1.165) is 48.4 Å². The third-order valence-electron chi connectivity index (χ3n) is 5.93. The van der Waals surface area contributed by atoms with Crippen molar-refractivity contribution in [2.45, 2.75) is 44.4 Å². The lowest BCUT2D eigenvalue weighted by atomic mass is 10.0. The Morgan fingerprint density at radius 1 is 1.24 bits per heavy atom. The number of alkyl halides is 3. The van der Waals surface area contributed by atoms with Gasteiger partial charge in [0.25, 0.3) is 0 Å². The van der Waals surface area contributed by atoms with E-state index in [9.17, 15) is 18.0 Å². The van der Waals surface area contributed by atoms with Gasteiger partial charge in [-0.25, -0.2) is 4.98 Å². The Morgan fingerprint density at radius 2 is 2.03 bits per heavy atom. The smallest absolute Gasteiger partial charge is 0.389 e. The van der Waals surface area contributed by atoms with Crippen molar-refractivity contribution < 1.29 is 22.8 Å². The summed E-state index contributed by atoms with van der Waals surface area (Å²) in [6.07, 6.45) is 1.41. The number of halogens is 3. The maximum absolute atomic E-state index is 12.4. The predicted octanol–water partition coefficient (Wildman–Crippen LogP) is 4.90. The number of nitrogens with zero attached hydrogens (tertiary/aromatic N) is 4. The molecule has 9 heteroatoms. The Bertz CT molecular complexity index is 1160. The van der Waals surface area contributed by atoms with Gasteiger partial charge in [-0.15, -0.1) is 0 Å². The van der Waals surface area contributed by atoms with Gasteiger partial charge in [0.05, 0.1) is 24.5 Å². The van der Waals surface area contributed by atoms with Crippen molar-refractivity contribution in [3.8, 4) is 11.3 Å². The van der Waals surface area contributed by atoms with Crippen molar-refractivity contribution in [3.63, 3.8) is 0 Å². The number of oxime groups is 1. The van der Waals surface area contributed by atoms with Crippen LogP contribution in [-0.2, 0) is 16.1 Å². The van der Waals surface area contributed by atoms with Gasteiger partial charge in [0, 0.05) is 43.3 Å². The van der Waals surface area contributed by atoms with Gasteiger partial charge in [-0.3, -0.25) is 9.20 Å². The van der Waals surface area contributed by atoms with Crippen LogP contribution < -0.4 is 0 Å². The molecule has 1 aliphatic heterocycles. The van der Waals surface area contributed by atoms with Crippen LogP contribution in [0.5, 0.6) is 0 Å². The second kappa shape index (κ2) is 10.4. The van der Waals surface area contributed by atoms with Crippen LogP contribution in [0, 0.1) is 0 Å². The molecule has 4 rings (SSSR count). The monoisotopic (exact) mass is 472 g/mol. The van der Waals surface area contributed by atoms with Crippen LogP contribution in [0.25, 0.3) is 16.9 Å². The Morgan fingerprint density at radius 3 is 2.79 bits per heavy atom. The second-order valence-corrected chi connectivity index (χ2v) is 8.71. The molecule has 0 spiro atoms. The summed E-state index contributed by atoms with van der Waals surface area (Å²) in [5.74, 6) is -0.431. The van der Waals surface area contributed by atoms with Crippen molar-refractivity contribution in [2.75, 3.05) is 20.1 Å². The number of piperidine rings is 1. The number of likely N-dealkylation sites (tertiary alicyclic amines) is 1. The van der Waals surface area contributed by atoms with E-state index in [-0.39, 0.29) is 12.5 Å². The van der Waals surface area contributed by atoms with Crippen LogP contribution in [0.3, 0.4) is 0 Å². The highest BCUT2D eigenvalue weighted by Crippen LogP contribution is 2.24. The average molecular weight is 473 g/mol. The van der Waals surface area contributed by atoms with Crippen LogP contribution in [-0.4, -0.2) is 58.7 Å². The van der Waals surface area contributed by atoms with E-state index in [4.69, 9.17) is 4.84 Å². The Labute approximate surface area is 196 Å². The molecule has 0 aliphatic carbocycles. The van der Waals surface area contributed by atoms with Gasteiger partial charge < -0.3 is 9.74 Å². The van der Waals surface area contributed by atoms with Crippen LogP contribution in [0.4, 0.5) is 13.2 Å². The van der Waals surface area contributed by atoms with Crippen molar-refractivity contribution in [1.29, 1.82) is 0 Å². The maximum atomic E-state index is 12.4. The van der Waals surface area contributed by atoms with E-state index in [2.05, 4.69) is 22.1 Å². The van der Waals surface area contributed by atoms with E-state index < -0.39 is 24.8 Å². The van der Waals surface area contributed by atoms with Gasteiger partial charge in [0.1, 0.15) is 17.5 Å². The van der Waals surface area contributed by atoms with E-state index in [1.165, 1.54) is 0 Å². The second-order valence-electron chi connectivity index (χ2n) is 8.71. The molecule has 34 heavy (non-hydrogen) atoms. The quantitative estimate of drug-likeness (QED) is 0.346. The molecular weight excluding hydrogens is 445 g/mol. The fraction of sp³-hybridized carbons (Fsp3) is 0.400. The minimum Gasteiger partial charge on any atom is -0.392 e. The molecule has 0 bridgehead atoms. The number of carbonyl (C=O) groups excluding carboxylic acids is 1. The summed E-state index contributed by atoms with van der Waals surface area (Å²) in [5, 5.41) is 4.15. The first-order chi connectivity index (χ1) is 16.3. The zero-order chi connectivity index (χ0) is 24.1. The van der Waals surface area contributed by atoms with E-state index in [1.807, 2.05) is 34.9 Å². The first kappa shape index (κ1) is 23.9. The first-order valence-corrected chi connectivity index (χ1v) is 11.3. The number of fused-ring (bicyclic) bond motifs is 1. The van der Waals surface area contributed by atoms with Gasteiger partial charge in [-0.2, -0.15) is 13.2 Å². The van der Waals surface area contributed by atoms with Gasteiger partial charge in [-0.1, -0.05) is 23.4 Å². The van der Waals surface area contributed by atoms with Crippen LogP contribution in [0.2, 0.25) is 0 Å². The van der Waals surface area contributed by atoms with Crippen LogP contribution in [0.15, 0.2) is 53.9 Å². The summed E-state index contributed by atoms with van der Waals surface area (Å²) in [4.78, 5) is 24.3. The third kappa shape index (κ3) is 6.44. The number of Topliss-reactive ketones (excluding diaryl/α,β-unsaturated/α-hetero) is 1. The van der Waals surface area contributed by atoms with Crippen LogP contribution in [0.1, 0.15) is 36.8 Å². The van der Waals surface area contributed by atoms with Gasteiger partial charge in [-0.05, 0) is 43.7 Å². The largest absolute Gasteiger partial charge is 0.392 e. The fourth-order valence-electron chi connectivity index (χ4n) is 4.00. The molecule has 6 nitrogen and oxygen atoms in total. The molecule has 3 aromatic rings. The lowest BCUT2D eigenvalue weighted by molar-refractivity contribution is -0.143. The van der Waals surface area contributed by atoms with E-state index >= 15 is 0 Å². The standard InChI is InChI=1S/C25H27F3N4O2/c1-31-10-7-22(8-11-31)34-30-16-19-6-12-32-23(17-29-24(32)15-19)20-4-2-3-18(13-20)14-21(33)5-9-25(26,27)28/h2-4,6,12-13,15-17,22H,5,7-11,14H2,1H3. The van der Waals surface area contributed by atoms with Gasteiger partial charge in [0.15, 0.2) is 0 Å². The molecule has 2 aromatic heterocycles. The summed E-state index contributed by atoms with van der Waals surface area (Å²) in [6, 6.07) is 11.1. The molecule has 3 heterocycles. The highest BCUT2D eigenvalue weighted by molar-refractivity contribution is 5.82. The maximum Gasteiger partial charge on any atom is 0.389 e. The molecule has 0 N–H and O–H groups in total. The Kier molecular flexibility index (Phi) is 7.31. The summed E-state index contributed by atoms with van der Waals surface area (Å²) in [5.41, 5.74) is 3.92. The number of pyridine rings is 1. The van der Waals surface area contributed by atoms with E-state index in [1.54, 1.807) is 24.5 Å². The van der Waals surface area contributed by atoms with Crippen molar-refractivity contribution >= 4 is 17.6 Å². The Balaban J connectivity index is 1.42. The lowest BCUT2D eigenvalue weighted by Crippen LogP contribution is -2.33. The normalized spacial score (nSPS) is 15.9. The molecule has 1 saturated heterocycles. The molecule has 180 valence electrons. The lowest BCUT2D eigenvalue weighted by Gasteiger charge is -2.27. The number of ketones is 1. The zero-order valence-corrected chi connectivity index (χ0v) is 19.0. The summed E-state index contributed by atoms with van der Waals surface area (Å²) in [6.45, 7) is 2.01. The number of carbonyl (C=O) groups is 1. The molecule has 0 atom stereocenters. The average Bonchev–Trinajstić information content (AvgIpc) is 3.22. The predicted molar refractivity (Wildman–Crippen MR) is 124 cm³/mol. The topological polar surface area (TPSA) is 59.2 Å². The van der Waals surface area contributed by atoms with Crippen molar-refractivity contribution in [2.24, 2.45) is 5.16 Å². The SMILES string of the molecule is CN1CCC(ON=Cc2ccn3c(-c4cccc(CC(=O)CCC(F)(F)F)c4)cnc3c2)CC1.